The predicted molar refractivity (Wildman–Crippen MR) is 47.8 cm³/mol. The molecule has 0 bridgehead atoms. The van der Waals surface area contributed by atoms with Crippen molar-refractivity contribution >= 4 is 0 Å². The molecule has 2 heteroatoms. The Morgan fingerprint density at radius 3 is 2.58 bits per heavy atom. The van der Waals surface area contributed by atoms with E-state index in [4.69, 9.17) is 5.73 Å². The van der Waals surface area contributed by atoms with Crippen LogP contribution in [0.15, 0.2) is 24.3 Å². The minimum atomic E-state index is 0.0335. The highest BCUT2D eigenvalue weighted by atomic mass is 16.3. The number of benzene rings is 1. The number of phenolic OH excluding ortho intramolecular Hbond substituents is 1. The topological polar surface area (TPSA) is 46.2 Å². The molecular formula is C10H13NO. The summed E-state index contributed by atoms with van der Waals surface area (Å²) >= 11 is 0. The minimum absolute atomic E-state index is 0.0335. The molecular weight excluding hydrogens is 150 g/mol. The van der Waals surface area contributed by atoms with Crippen LogP contribution >= 0.6 is 0 Å². The molecule has 0 spiro atoms. The molecule has 1 aliphatic rings. The summed E-state index contributed by atoms with van der Waals surface area (Å²) in [6.45, 7) is 0. The SMILES string of the molecule is N[C@H](c1ccccc1O)C1CC1. The van der Waals surface area contributed by atoms with Crippen LogP contribution in [-0.4, -0.2) is 5.11 Å². The Morgan fingerprint density at radius 2 is 2.00 bits per heavy atom. The van der Waals surface area contributed by atoms with Crippen LogP contribution in [0.2, 0.25) is 0 Å². The monoisotopic (exact) mass is 163 g/mol. The molecule has 64 valence electrons. The highest BCUT2D eigenvalue weighted by Gasteiger charge is 2.30. The third-order valence-electron chi connectivity index (χ3n) is 2.43. The molecule has 0 saturated heterocycles. The summed E-state index contributed by atoms with van der Waals surface area (Å²) in [4.78, 5) is 0. The van der Waals surface area contributed by atoms with Gasteiger partial charge in [-0.1, -0.05) is 18.2 Å². The first-order chi connectivity index (χ1) is 5.79. The van der Waals surface area contributed by atoms with Crippen molar-refractivity contribution in [2.45, 2.75) is 18.9 Å². The molecule has 1 atom stereocenters. The Bertz CT molecular complexity index is 281. The Labute approximate surface area is 72.0 Å². The summed E-state index contributed by atoms with van der Waals surface area (Å²) in [6.07, 6.45) is 2.41. The fraction of sp³-hybridized carbons (Fsp3) is 0.400. The van der Waals surface area contributed by atoms with Gasteiger partial charge < -0.3 is 10.8 Å². The third kappa shape index (κ3) is 1.30. The second-order valence-corrected chi connectivity index (χ2v) is 3.42. The zero-order valence-electron chi connectivity index (χ0n) is 6.90. The lowest BCUT2D eigenvalue weighted by atomic mass is 10.0. The molecule has 0 amide bonds. The van der Waals surface area contributed by atoms with Crippen LogP contribution in [0.25, 0.3) is 0 Å². The predicted octanol–water partition coefficient (Wildman–Crippen LogP) is 1.80. The van der Waals surface area contributed by atoms with Crippen LogP contribution in [0.5, 0.6) is 5.75 Å². The molecule has 2 rings (SSSR count). The average molecular weight is 163 g/mol. The van der Waals surface area contributed by atoms with E-state index in [1.54, 1.807) is 6.07 Å². The first kappa shape index (κ1) is 7.62. The van der Waals surface area contributed by atoms with Gasteiger partial charge in [-0.05, 0) is 24.8 Å². The van der Waals surface area contributed by atoms with Crippen molar-refractivity contribution in [2.24, 2.45) is 11.7 Å². The maximum atomic E-state index is 9.48. The smallest absolute Gasteiger partial charge is 0.120 e. The van der Waals surface area contributed by atoms with Gasteiger partial charge in [-0.3, -0.25) is 0 Å². The lowest BCUT2D eigenvalue weighted by molar-refractivity contribution is 0.456. The molecule has 0 heterocycles. The van der Waals surface area contributed by atoms with Gasteiger partial charge in [0.15, 0.2) is 0 Å². The number of aromatic hydroxyl groups is 1. The van der Waals surface area contributed by atoms with Crippen molar-refractivity contribution < 1.29 is 5.11 Å². The molecule has 1 aromatic rings. The number of hydrogen-bond acceptors (Lipinski definition) is 2. The molecule has 1 saturated carbocycles. The van der Waals surface area contributed by atoms with Gasteiger partial charge in [-0.2, -0.15) is 0 Å². The van der Waals surface area contributed by atoms with Crippen molar-refractivity contribution in [3.05, 3.63) is 29.8 Å². The molecule has 1 aromatic carbocycles. The Hall–Kier alpha value is -1.02. The first-order valence-corrected chi connectivity index (χ1v) is 4.32. The molecule has 2 nitrogen and oxygen atoms in total. The highest BCUT2D eigenvalue weighted by molar-refractivity contribution is 5.35. The van der Waals surface area contributed by atoms with Crippen LogP contribution in [0.3, 0.4) is 0 Å². The van der Waals surface area contributed by atoms with Crippen molar-refractivity contribution in [3.8, 4) is 5.75 Å². The maximum Gasteiger partial charge on any atom is 0.120 e. The Kier molecular flexibility index (Phi) is 1.77. The van der Waals surface area contributed by atoms with E-state index in [1.165, 1.54) is 12.8 Å². The number of nitrogens with two attached hydrogens (primary N) is 1. The summed E-state index contributed by atoms with van der Waals surface area (Å²) < 4.78 is 0. The van der Waals surface area contributed by atoms with Crippen LogP contribution < -0.4 is 5.73 Å². The summed E-state index contributed by atoms with van der Waals surface area (Å²) in [5, 5.41) is 9.48. The zero-order chi connectivity index (χ0) is 8.55. The van der Waals surface area contributed by atoms with E-state index in [9.17, 15) is 5.11 Å². The molecule has 3 N–H and O–H groups in total. The zero-order valence-corrected chi connectivity index (χ0v) is 6.90. The van der Waals surface area contributed by atoms with Gasteiger partial charge in [0.25, 0.3) is 0 Å². The van der Waals surface area contributed by atoms with Crippen LogP contribution in [-0.2, 0) is 0 Å². The number of rotatable bonds is 2. The van der Waals surface area contributed by atoms with E-state index in [0.717, 1.165) is 5.56 Å². The van der Waals surface area contributed by atoms with E-state index in [-0.39, 0.29) is 6.04 Å². The Morgan fingerprint density at radius 1 is 1.33 bits per heavy atom. The summed E-state index contributed by atoms with van der Waals surface area (Å²) in [7, 11) is 0. The standard InChI is InChI=1S/C10H13NO/c11-10(7-5-6-7)8-3-1-2-4-9(8)12/h1-4,7,10,12H,5-6,11H2/t10-/m0/s1. The number of phenols is 1. The first-order valence-electron chi connectivity index (χ1n) is 4.32. The number of para-hydroxylation sites is 1. The minimum Gasteiger partial charge on any atom is -0.508 e. The lowest BCUT2D eigenvalue weighted by Crippen LogP contribution is -2.12. The van der Waals surface area contributed by atoms with Crippen molar-refractivity contribution in [1.82, 2.24) is 0 Å². The summed E-state index contributed by atoms with van der Waals surface area (Å²) in [5.74, 6) is 0.926. The highest BCUT2D eigenvalue weighted by Crippen LogP contribution is 2.41. The maximum absolute atomic E-state index is 9.48. The molecule has 12 heavy (non-hydrogen) atoms. The summed E-state index contributed by atoms with van der Waals surface area (Å²) in [6, 6.07) is 7.36. The van der Waals surface area contributed by atoms with Crippen molar-refractivity contribution in [2.75, 3.05) is 0 Å². The van der Waals surface area contributed by atoms with Gasteiger partial charge in [-0.15, -0.1) is 0 Å². The molecule has 0 unspecified atom stereocenters. The van der Waals surface area contributed by atoms with Gasteiger partial charge in [0.05, 0.1) is 0 Å². The largest absolute Gasteiger partial charge is 0.508 e. The lowest BCUT2D eigenvalue weighted by Gasteiger charge is -2.11. The van der Waals surface area contributed by atoms with Crippen LogP contribution in [0.4, 0.5) is 0 Å². The van der Waals surface area contributed by atoms with E-state index in [0.29, 0.717) is 11.7 Å². The number of hydrogen-bond donors (Lipinski definition) is 2. The van der Waals surface area contributed by atoms with Crippen molar-refractivity contribution in [1.29, 1.82) is 0 Å². The van der Waals surface area contributed by atoms with Gasteiger partial charge in [0, 0.05) is 11.6 Å². The van der Waals surface area contributed by atoms with E-state index in [1.807, 2.05) is 18.2 Å². The second kappa shape index (κ2) is 2.79. The van der Waals surface area contributed by atoms with Crippen LogP contribution in [0.1, 0.15) is 24.4 Å². The van der Waals surface area contributed by atoms with Gasteiger partial charge >= 0.3 is 0 Å². The van der Waals surface area contributed by atoms with E-state index in [2.05, 4.69) is 0 Å². The second-order valence-electron chi connectivity index (χ2n) is 3.42. The molecule has 1 fully saturated rings. The van der Waals surface area contributed by atoms with Gasteiger partial charge in [0.2, 0.25) is 0 Å². The average Bonchev–Trinajstić information content (AvgIpc) is 2.86. The Balaban J connectivity index is 2.25. The van der Waals surface area contributed by atoms with E-state index >= 15 is 0 Å². The normalized spacial score (nSPS) is 19.1. The van der Waals surface area contributed by atoms with Gasteiger partial charge in [-0.25, -0.2) is 0 Å². The third-order valence-corrected chi connectivity index (χ3v) is 2.43. The van der Waals surface area contributed by atoms with Gasteiger partial charge in [0.1, 0.15) is 5.75 Å². The van der Waals surface area contributed by atoms with Crippen molar-refractivity contribution in [3.63, 3.8) is 0 Å². The fourth-order valence-electron chi connectivity index (χ4n) is 1.48. The molecule has 0 radical (unpaired) electrons. The van der Waals surface area contributed by atoms with Crippen LogP contribution in [0, 0.1) is 5.92 Å². The molecule has 0 aliphatic heterocycles. The summed E-state index contributed by atoms with van der Waals surface area (Å²) in [5.41, 5.74) is 6.83. The molecule has 1 aliphatic carbocycles. The van der Waals surface area contributed by atoms with E-state index < -0.39 is 0 Å². The molecule has 0 aromatic heterocycles. The quantitative estimate of drug-likeness (QED) is 0.698. The fourth-order valence-corrected chi connectivity index (χ4v) is 1.48.